The molecule has 0 saturated carbocycles. The molecule has 0 unspecified atom stereocenters. The van der Waals surface area contributed by atoms with E-state index in [9.17, 15) is 0 Å². The highest BCUT2D eigenvalue weighted by molar-refractivity contribution is 5.88. The predicted octanol–water partition coefficient (Wildman–Crippen LogP) is -1.29. The third kappa shape index (κ3) is 5.48. The Morgan fingerprint density at radius 2 is 1.50 bits per heavy atom. The van der Waals surface area contributed by atoms with Crippen LogP contribution in [0.5, 0.6) is 0 Å². The molecule has 2 heterocycles. The predicted molar refractivity (Wildman–Crippen MR) is 66.2 cm³/mol. The van der Waals surface area contributed by atoms with Crippen molar-refractivity contribution in [3.8, 4) is 6.07 Å². The maximum atomic E-state index is 8.16. The average molecular weight is 265 g/mol. The molecule has 0 aromatic carbocycles. The van der Waals surface area contributed by atoms with E-state index in [2.05, 4.69) is 19.9 Å². The minimum absolute atomic E-state index is 0. The van der Waals surface area contributed by atoms with Gasteiger partial charge in [0.05, 0.1) is 0 Å². The lowest BCUT2D eigenvalue weighted by molar-refractivity contribution is -0.114. The van der Waals surface area contributed by atoms with Crippen LogP contribution >= 0.6 is 12.4 Å². The minimum Gasteiger partial charge on any atom is -0.284 e. The van der Waals surface area contributed by atoms with E-state index in [1.807, 2.05) is 0 Å². The van der Waals surface area contributed by atoms with Crippen molar-refractivity contribution in [1.29, 1.82) is 5.26 Å². The van der Waals surface area contributed by atoms with Gasteiger partial charge in [-0.25, -0.2) is 19.9 Å². The fraction of sp³-hybridized carbons (Fsp3) is 0. The molecule has 2 rings (SSSR count). The molecule has 4 N–H and O–H groups in total. The summed E-state index contributed by atoms with van der Waals surface area (Å²) < 4.78 is 0. The number of nitrogens with zero attached hydrogens (tertiary/aromatic N) is 5. The van der Waals surface area contributed by atoms with Gasteiger partial charge in [-0.1, -0.05) is 0 Å². The van der Waals surface area contributed by atoms with Crippen LogP contribution in [0.2, 0.25) is 0 Å². The van der Waals surface area contributed by atoms with E-state index in [4.69, 9.17) is 16.4 Å². The summed E-state index contributed by atoms with van der Waals surface area (Å²) in [4.78, 5) is 14.8. The summed E-state index contributed by atoms with van der Waals surface area (Å²) in [6.45, 7) is 0. The lowest BCUT2D eigenvalue weighted by Gasteiger charge is -1.85. The molecule has 0 spiro atoms. The molecule has 2 aromatic rings. The third-order valence-corrected chi connectivity index (χ3v) is 1.49. The minimum atomic E-state index is 0. The number of rotatable bonds is 1. The largest absolute Gasteiger partial charge is 0.309 e. The lowest BCUT2D eigenvalue weighted by atomic mass is 10.5. The van der Waals surface area contributed by atoms with Gasteiger partial charge in [0.1, 0.15) is 6.07 Å². The Morgan fingerprint density at radius 3 is 1.78 bits per heavy atom. The molecule has 0 aliphatic rings. The molecule has 0 saturated heterocycles. The summed E-state index contributed by atoms with van der Waals surface area (Å²) in [7, 11) is 0. The number of hydrogen-bond acceptors (Lipinski definition) is 5. The van der Waals surface area contributed by atoms with Crippen molar-refractivity contribution in [1.82, 2.24) is 19.9 Å². The molecular formula is C10H11ClN7+. The van der Waals surface area contributed by atoms with Crippen molar-refractivity contribution in [3.63, 3.8) is 0 Å². The second-order valence-electron chi connectivity index (χ2n) is 2.71. The highest BCUT2D eigenvalue weighted by Gasteiger charge is 2.00. The molecule has 8 heteroatoms. The van der Waals surface area contributed by atoms with Gasteiger partial charge < -0.3 is 0 Å². The molecule has 0 bridgehead atoms. The van der Waals surface area contributed by atoms with Crippen molar-refractivity contribution in [3.05, 3.63) is 48.6 Å². The van der Waals surface area contributed by atoms with Crippen LogP contribution in [0, 0.1) is 11.3 Å². The van der Waals surface area contributed by atoms with E-state index in [0.717, 1.165) is 0 Å². The first-order chi connectivity index (χ1) is 8.24. The molecule has 92 valence electrons. The number of hydrogen-bond donors (Lipinski definition) is 2. The Balaban J connectivity index is 0.000000306. The van der Waals surface area contributed by atoms with Crippen molar-refractivity contribution >= 4 is 18.2 Å². The number of nitriles is 1. The fourth-order valence-electron chi connectivity index (χ4n) is 0.805. The van der Waals surface area contributed by atoms with E-state index in [1.165, 1.54) is 12.4 Å². The zero-order valence-corrected chi connectivity index (χ0v) is 10.1. The molecule has 0 radical (unpaired) electrons. The SMILES string of the molecule is Cl.N#Cc1ncccn1.NC(=[NH2+])c1ncccn1. The second kappa shape index (κ2) is 8.55. The van der Waals surface area contributed by atoms with Gasteiger partial charge in [-0.05, 0) is 12.1 Å². The maximum Gasteiger partial charge on any atom is 0.309 e. The molecular weight excluding hydrogens is 254 g/mol. The zero-order chi connectivity index (χ0) is 12.5. The van der Waals surface area contributed by atoms with E-state index >= 15 is 0 Å². The van der Waals surface area contributed by atoms with Gasteiger partial charge in [0.15, 0.2) is 0 Å². The number of amidine groups is 1. The Bertz CT molecular complexity index is 509. The van der Waals surface area contributed by atoms with Crippen LogP contribution in [-0.4, -0.2) is 25.8 Å². The molecule has 0 aliphatic carbocycles. The van der Waals surface area contributed by atoms with E-state index < -0.39 is 0 Å². The summed E-state index contributed by atoms with van der Waals surface area (Å²) in [5, 5.41) is 13.3. The van der Waals surface area contributed by atoms with Crippen molar-refractivity contribution in [2.75, 3.05) is 0 Å². The zero-order valence-electron chi connectivity index (χ0n) is 9.26. The van der Waals surface area contributed by atoms with Gasteiger partial charge in [0, 0.05) is 24.8 Å². The summed E-state index contributed by atoms with van der Waals surface area (Å²) in [6, 6.07) is 5.17. The Hall–Kier alpha value is -2.59. The normalized spacial score (nSPS) is 7.94. The molecule has 0 fully saturated rings. The summed E-state index contributed by atoms with van der Waals surface area (Å²) in [5.74, 6) is 0.751. The highest BCUT2D eigenvalue weighted by atomic mass is 35.5. The summed E-state index contributed by atoms with van der Waals surface area (Å²) in [6.07, 6.45) is 6.24. The molecule has 0 aliphatic heterocycles. The monoisotopic (exact) mass is 264 g/mol. The summed E-state index contributed by atoms with van der Waals surface area (Å²) >= 11 is 0. The van der Waals surface area contributed by atoms with Crippen molar-refractivity contribution < 1.29 is 5.41 Å². The van der Waals surface area contributed by atoms with Crippen molar-refractivity contribution in [2.45, 2.75) is 0 Å². The first-order valence-electron chi connectivity index (χ1n) is 4.56. The van der Waals surface area contributed by atoms with Crippen LogP contribution in [0.4, 0.5) is 0 Å². The Kier molecular flexibility index (Phi) is 7.32. The fourth-order valence-corrected chi connectivity index (χ4v) is 0.805. The molecule has 2 aromatic heterocycles. The third-order valence-electron chi connectivity index (χ3n) is 1.49. The van der Waals surface area contributed by atoms with Gasteiger partial charge in [0.25, 0.3) is 0 Å². The van der Waals surface area contributed by atoms with Crippen LogP contribution in [0.3, 0.4) is 0 Å². The molecule has 0 amide bonds. The quantitative estimate of drug-likeness (QED) is 0.487. The van der Waals surface area contributed by atoms with Crippen LogP contribution in [0.1, 0.15) is 11.6 Å². The first-order valence-corrected chi connectivity index (χ1v) is 4.56. The van der Waals surface area contributed by atoms with Gasteiger partial charge in [-0.15, -0.1) is 12.4 Å². The lowest BCUT2D eigenvalue weighted by Crippen LogP contribution is -2.47. The van der Waals surface area contributed by atoms with Crippen LogP contribution < -0.4 is 11.1 Å². The van der Waals surface area contributed by atoms with Crippen LogP contribution in [0.25, 0.3) is 0 Å². The van der Waals surface area contributed by atoms with Gasteiger partial charge in [-0.2, -0.15) is 5.26 Å². The van der Waals surface area contributed by atoms with E-state index in [0.29, 0.717) is 5.82 Å². The average Bonchev–Trinajstić information content (AvgIpc) is 2.41. The van der Waals surface area contributed by atoms with Crippen LogP contribution in [0.15, 0.2) is 36.9 Å². The topological polar surface area (TPSA) is 127 Å². The first kappa shape index (κ1) is 15.4. The van der Waals surface area contributed by atoms with Crippen LogP contribution in [-0.2, 0) is 0 Å². The number of nitrogens with two attached hydrogens (primary N) is 2. The smallest absolute Gasteiger partial charge is 0.284 e. The maximum absolute atomic E-state index is 8.16. The van der Waals surface area contributed by atoms with Gasteiger partial charge >= 0.3 is 5.84 Å². The summed E-state index contributed by atoms with van der Waals surface area (Å²) in [5.41, 5.74) is 5.18. The van der Waals surface area contributed by atoms with E-state index in [1.54, 1.807) is 30.6 Å². The molecule has 0 atom stereocenters. The number of halogens is 1. The van der Waals surface area contributed by atoms with Gasteiger partial charge in [-0.3, -0.25) is 11.1 Å². The molecule has 7 nitrogen and oxygen atoms in total. The highest BCUT2D eigenvalue weighted by Crippen LogP contribution is 1.80. The van der Waals surface area contributed by atoms with Gasteiger partial charge in [0.2, 0.25) is 11.6 Å². The standard InChI is InChI=1S/C5H6N4.C5H3N3.ClH/c6-4(7)5-8-2-1-3-9-5;6-4-5-7-2-1-3-8-5;/h1-3H,(H3,6,7);1-3H;1H/p+1. The van der Waals surface area contributed by atoms with Crippen molar-refractivity contribution in [2.24, 2.45) is 5.73 Å². The van der Waals surface area contributed by atoms with E-state index in [-0.39, 0.29) is 24.1 Å². The Morgan fingerprint density at radius 1 is 1.06 bits per heavy atom. The molecule has 18 heavy (non-hydrogen) atoms. The number of aromatic nitrogens is 4. The second-order valence-corrected chi connectivity index (χ2v) is 2.71. The Labute approximate surface area is 110 Å².